The van der Waals surface area contributed by atoms with Crippen molar-refractivity contribution >= 4 is 16.3 Å². The van der Waals surface area contributed by atoms with E-state index in [0.29, 0.717) is 5.92 Å². The first kappa shape index (κ1) is 11.8. The van der Waals surface area contributed by atoms with E-state index < -0.39 is 0 Å². The van der Waals surface area contributed by atoms with Crippen LogP contribution in [-0.4, -0.2) is 32.9 Å². The molecule has 3 heterocycles. The fourth-order valence-electron chi connectivity index (χ4n) is 2.98. The molecule has 2 aromatic rings. The minimum atomic E-state index is 0.601. The Morgan fingerprint density at radius 2 is 2.21 bits per heavy atom. The second kappa shape index (κ2) is 4.83. The normalized spacial score (nSPS) is 24.1. The van der Waals surface area contributed by atoms with Crippen LogP contribution >= 0.6 is 11.3 Å². The third kappa shape index (κ3) is 2.17. The molecule has 2 aromatic heterocycles. The highest BCUT2D eigenvalue weighted by atomic mass is 32.1. The van der Waals surface area contributed by atoms with Crippen LogP contribution in [0.2, 0.25) is 0 Å². The molecule has 0 amide bonds. The van der Waals surface area contributed by atoms with E-state index in [9.17, 15) is 0 Å². The van der Waals surface area contributed by atoms with Gasteiger partial charge in [0.2, 0.25) is 4.96 Å². The topological polar surface area (TPSA) is 55.1 Å². The Labute approximate surface area is 116 Å². The molecule has 2 fully saturated rings. The Morgan fingerprint density at radius 3 is 2.95 bits per heavy atom. The van der Waals surface area contributed by atoms with Gasteiger partial charge in [0.15, 0.2) is 5.82 Å². The lowest BCUT2D eigenvalue weighted by molar-refractivity contribution is 0.394. The van der Waals surface area contributed by atoms with Crippen LogP contribution in [0.1, 0.15) is 48.9 Å². The molecule has 102 valence electrons. The van der Waals surface area contributed by atoms with Crippen LogP contribution < -0.4 is 5.32 Å². The van der Waals surface area contributed by atoms with Crippen molar-refractivity contribution in [1.29, 1.82) is 0 Å². The summed E-state index contributed by atoms with van der Waals surface area (Å²) in [5.74, 6) is 2.52. The predicted molar refractivity (Wildman–Crippen MR) is 74.5 cm³/mol. The fourth-order valence-corrected chi connectivity index (χ4v) is 3.84. The predicted octanol–water partition coefficient (Wildman–Crippen LogP) is 2.00. The van der Waals surface area contributed by atoms with Crippen molar-refractivity contribution < 1.29 is 0 Å². The van der Waals surface area contributed by atoms with E-state index in [-0.39, 0.29) is 0 Å². The summed E-state index contributed by atoms with van der Waals surface area (Å²) < 4.78 is 2.00. The Balaban J connectivity index is 1.49. The number of aryl methyl sites for hydroxylation is 1. The molecule has 19 heavy (non-hydrogen) atoms. The maximum Gasteiger partial charge on any atom is 0.234 e. The van der Waals surface area contributed by atoms with Crippen molar-refractivity contribution in [2.45, 2.75) is 44.4 Å². The van der Waals surface area contributed by atoms with Crippen molar-refractivity contribution in [1.82, 2.24) is 25.1 Å². The molecule has 1 atom stereocenters. The molecule has 5 nitrogen and oxygen atoms in total. The number of nitrogens with zero attached hydrogens (tertiary/aromatic N) is 4. The Bertz CT molecular complexity index is 565. The molecule has 1 aliphatic carbocycles. The van der Waals surface area contributed by atoms with Crippen molar-refractivity contribution in [3.63, 3.8) is 0 Å². The van der Waals surface area contributed by atoms with Crippen LogP contribution in [0.3, 0.4) is 0 Å². The zero-order valence-electron chi connectivity index (χ0n) is 11.0. The van der Waals surface area contributed by atoms with E-state index in [2.05, 4.69) is 15.5 Å². The monoisotopic (exact) mass is 277 g/mol. The summed E-state index contributed by atoms with van der Waals surface area (Å²) in [6.07, 6.45) is 7.48. The molecule has 4 rings (SSSR count). The maximum atomic E-state index is 4.73. The summed E-state index contributed by atoms with van der Waals surface area (Å²) in [7, 11) is 0. The van der Waals surface area contributed by atoms with Gasteiger partial charge in [0.1, 0.15) is 5.01 Å². The van der Waals surface area contributed by atoms with E-state index in [4.69, 9.17) is 5.10 Å². The molecule has 2 aliphatic rings. The maximum absolute atomic E-state index is 4.73. The first-order valence-electron chi connectivity index (χ1n) is 7.32. The first-order chi connectivity index (χ1) is 9.40. The van der Waals surface area contributed by atoms with E-state index >= 15 is 0 Å². The summed E-state index contributed by atoms with van der Waals surface area (Å²) in [6, 6.07) is 0. The molecule has 0 spiro atoms. The Kier molecular flexibility index (Phi) is 3.00. The third-order valence-corrected chi connectivity index (χ3v) is 5.41. The zero-order valence-corrected chi connectivity index (χ0v) is 11.8. The highest BCUT2D eigenvalue weighted by Gasteiger charge is 2.26. The van der Waals surface area contributed by atoms with Crippen molar-refractivity contribution in [2.24, 2.45) is 5.92 Å². The minimum absolute atomic E-state index is 0.601. The summed E-state index contributed by atoms with van der Waals surface area (Å²) in [5.41, 5.74) is 0. The van der Waals surface area contributed by atoms with Gasteiger partial charge in [-0.2, -0.15) is 9.61 Å². The van der Waals surface area contributed by atoms with Crippen LogP contribution in [0.5, 0.6) is 0 Å². The van der Waals surface area contributed by atoms with E-state index in [1.807, 2.05) is 4.52 Å². The number of rotatable bonds is 4. The van der Waals surface area contributed by atoms with Gasteiger partial charge in [-0.05, 0) is 44.7 Å². The lowest BCUT2D eigenvalue weighted by atomic mass is 9.85. The lowest BCUT2D eigenvalue weighted by Crippen LogP contribution is -2.13. The van der Waals surface area contributed by atoms with Gasteiger partial charge in [-0.3, -0.25) is 0 Å². The van der Waals surface area contributed by atoms with Crippen LogP contribution in [0.4, 0.5) is 0 Å². The molecule has 0 radical (unpaired) electrons. The van der Waals surface area contributed by atoms with Gasteiger partial charge in [-0.1, -0.05) is 17.8 Å². The molecule has 1 saturated heterocycles. The van der Waals surface area contributed by atoms with Gasteiger partial charge in [0, 0.05) is 12.3 Å². The van der Waals surface area contributed by atoms with Crippen LogP contribution in [0.15, 0.2) is 0 Å². The van der Waals surface area contributed by atoms with Gasteiger partial charge in [-0.25, -0.2) is 0 Å². The summed E-state index contributed by atoms with van der Waals surface area (Å²) >= 11 is 1.71. The van der Waals surface area contributed by atoms with Gasteiger partial charge in [0.25, 0.3) is 0 Å². The van der Waals surface area contributed by atoms with E-state index in [1.165, 1.54) is 50.2 Å². The van der Waals surface area contributed by atoms with Crippen molar-refractivity contribution in [2.75, 3.05) is 13.1 Å². The second-order valence-corrected chi connectivity index (χ2v) is 6.81. The van der Waals surface area contributed by atoms with Crippen LogP contribution in [0.25, 0.3) is 4.96 Å². The summed E-state index contributed by atoms with van der Waals surface area (Å²) in [5, 5.41) is 18.0. The average Bonchev–Trinajstić information content (AvgIpc) is 3.01. The highest BCUT2D eigenvalue weighted by molar-refractivity contribution is 7.16. The SMILES string of the molecule is C1CC(c2nnc3sc(CCC4CCNC4)nn23)C1. The molecule has 1 unspecified atom stereocenters. The summed E-state index contributed by atoms with van der Waals surface area (Å²) in [4.78, 5) is 0.974. The van der Waals surface area contributed by atoms with E-state index in [0.717, 1.165) is 23.1 Å². The molecule has 0 aromatic carbocycles. The largest absolute Gasteiger partial charge is 0.316 e. The number of hydrogen-bond donors (Lipinski definition) is 1. The zero-order chi connectivity index (χ0) is 12.7. The molecule has 6 heteroatoms. The Hall–Kier alpha value is -1.01. The average molecular weight is 277 g/mol. The lowest BCUT2D eigenvalue weighted by Gasteiger charge is -2.22. The van der Waals surface area contributed by atoms with Gasteiger partial charge < -0.3 is 5.32 Å². The van der Waals surface area contributed by atoms with Crippen molar-refractivity contribution in [3.05, 3.63) is 10.8 Å². The van der Waals surface area contributed by atoms with E-state index in [1.54, 1.807) is 11.3 Å². The molecule has 1 N–H and O–H groups in total. The fraction of sp³-hybridized carbons (Fsp3) is 0.769. The van der Waals surface area contributed by atoms with Gasteiger partial charge in [-0.15, -0.1) is 10.2 Å². The van der Waals surface area contributed by atoms with Gasteiger partial charge in [0.05, 0.1) is 0 Å². The third-order valence-electron chi connectivity index (χ3n) is 4.46. The molecular weight excluding hydrogens is 258 g/mol. The molecule has 1 saturated carbocycles. The van der Waals surface area contributed by atoms with Gasteiger partial charge >= 0.3 is 0 Å². The van der Waals surface area contributed by atoms with Crippen LogP contribution in [-0.2, 0) is 6.42 Å². The Morgan fingerprint density at radius 1 is 1.26 bits per heavy atom. The number of aromatic nitrogens is 4. The smallest absolute Gasteiger partial charge is 0.234 e. The molecule has 0 bridgehead atoms. The first-order valence-corrected chi connectivity index (χ1v) is 8.13. The standard InChI is InChI=1S/C13H19N5S/c1-2-10(3-1)12-15-16-13-18(12)17-11(19-13)5-4-9-6-7-14-8-9/h9-10,14H,1-8H2. The number of nitrogens with one attached hydrogen (secondary N) is 1. The van der Waals surface area contributed by atoms with Crippen LogP contribution in [0, 0.1) is 5.92 Å². The van der Waals surface area contributed by atoms with Crippen molar-refractivity contribution in [3.8, 4) is 0 Å². The quantitative estimate of drug-likeness (QED) is 0.928. The highest BCUT2D eigenvalue weighted by Crippen LogP contribution is 2.35. The summed E-state index contributed by atoms with van der Waals surface area (Å²) in [6.45, 7) is 2.36. The number of hydrogen-bond acceptors (Lipinski definition) is 5. The number of fused-ring (bicyclic) bond motifs is 1. The second-order valence-electron chi connectivity index (χ2n) is 5.77. The molecule has 1 aliphatic heterocycles. The molecular formula is C13H19N5S. The minimum Gasteiger partial charge on any atom is -0.316 e.